The van der Waals surface area contributed by atoms with Crippen LogP contribution in [0.1, 0.15) is 17.3 Å². The highest BCUT2D eigenvalue weighted by molar-refractivity contribution is 7.91. The first-order valence-electron chi connectivity index (χ1n) is 9.03. The molecular formula is C19H21ClN2O5S2. The minimum atomic E-state index is -3.77. The highest BCUT2D eigenvalue weighted by atomic mass is 35.5. The molecule has 0 aliphatic carbocycles. The summed E-state index contributed by atoms with van der Waals surface area (Å²) in [4.78, 5) is 14.3. The van der Waals surface area contributed by atoms with Gasteiger partial charge in [-0.3, -0.25) is 4.79 Å². The van der Waals surface area contributed by atoms with Gasteiger partial charge in [0.05, 0.1) is 15.5 Å². The molecule has 1 amide bonds. The predicted molar refractivity (Wildman–Crippen MR) is 110 cm³/mol. The molecule has 0 saturated carbocycles. The molecule has 29 heavy (non-hydrogen) atoms. The van der Waals surface area contributed by atoms with E-state index in [0.29, 0.717) is 10.6 Å². The number of halogens is 1. The molecule has 1 aliphatic rings. The minimum Gasteiger partial charge on any atom is -0.336 e. The standard InChI is InChI=1S/C19H21ClN2O5S2/c1-2-28(24,25)17-6-8-18(9-7-17)29(26,27)22-12-10-21(11-13-22)19(23)15-4-3-5-16(20)14-15/h3-9,14H,2,10-13H2,1H3. The Labute approximate surface area is 175 Å². The normalized spacial score (nSPS) is 16.0. The highest BCUT2D eigenvalue weighted by Crippen LogP contribution is 2.21. The zero-order chi connectivity index (χ0) is 21.2. The maximum Gasteiger partial charge on any atom is 0.253 e. The monoisotopic (exact) mass is 456 g/mol. The van der Waals surface area contributed by atoms with E-state index < -0.39 is 19.9 Å². The number of hydrogen-bond acceptors (Lipinski definition) is 5. The SMILES string of the molecule is CCS(=O)(=O)c1ccc(S(=O)(=O)N2CCN(C(=O)c3cccc(Cl)c3)CC2)cc1. The van der Waals surface area contributed by atoms with Crippen molar-refractivity contribution in [2.45, 2.75) is 16.7 Å². The van der Waals surface area contributed by atoms with E-state index in [0.717, 1.165) is 0 Å². The first kappa shape index (κ1) is 21.8. The van der Waals surface area contributed by atoms with Crippen molar-refractivity contribution >= 4 is 37.4 Å². The zero-order valence-corrected chi connectivity index (χ0v) is 18.2. The second-order valence-corrected chi connectivity index (χ2v) is 11.2. The zero-order valence-electron chi connectivity index (χ0n) is 15.8. The Bertz CT molecular complexity index is 1110. The van der Waals surface area contributed by atoms with Crippen LogP contribution < -0.4 is 0 Å². The fourth-order valence-corrected chi connectivity index (χ4v) is 5.57. The van der Waals surface area contributed by atoms with Gasteiger partial charge >= 0.3 is 0 Å². The van der Waals surface area contributed by atoms with Crippen molar-refractivity contribution in [2.75, 3.05) is 31.9 Å². The van der Waals surface area contributed by atoms with Crippen molar-refractivity contribution in [2.24, 2.45) is 0 Å². The molecular weight excluding hydrogens is 436 g/mol. The Morgan fingerprint density at radius 2 is 1.52 bits per heavy atom. The van der Waals surface area contributed by atoms with Gasteiger partial charge in [0.1, 0.15) is 0 Å². The molecule has 2 aromatic rings. The molecule has 1 aliphatic heterocycles. The molecule has 7 nitrogen and oxygen atoms in total. The summed E-state index contributed by atoms with van der Waals surface area (Å²) in [6.07, 6.45) is 0. The first-order valence-corrected chi connectivity index (χ1v) is 12.5. The highest BCUT2D eigenvalue weighted by Gasteiger charge is 2.30. The van der Waals surface area contributed by atoms with Gasteiger partial charge in [-0.15, -0.1) is 0 Å². The van der Waals surface area contributed by atoms with Crippen LogP contribution in [-0.2, 0) is 19.9 Å². The lowest BCUT2D eigenvalue weighted by Gasteiger charge is -2.34. The third-order valence-electron chi connectivity index (χ3n) is 4.80. The van der Waals surface area contributed by atoms with E-state index in [9.17, 15) is 21.6 Å². The molecule has 0 N–H and O–H groups in total. The quantitative estimate of drug-likeness (QED) is 0.688. The molecule has 1 saturated heterocycles. The maximum absolute atomic E-state index is 12.9. The minimum absolute atomic E-state index is 0.0298. The Kier molecular flexibility index (Phi) is 6.33. The molecule has 0 atom stereocenters. The van der Waals surface area contributed by atoms with Crippen LogP contribution in [0.25, 0.3) is 0 Å². The summed E-state index contributed by atoms with van der Waals surface area (Å²) in [6, 6.07) is 11.9. The summed E-state index contributed by atoms with van der Waals surface area (Å²) in [7, 11) is -7.17. The van der Waals surface area contributed by atoms with Crippen molar-refractivity contribution in [1.82, 2.24) is 9.21 Å². The lowest BCUT2D eigenvalue weighted by atomic mass is 10.2. The Morgan fingerprint density at radius 1 is 0.931 bits per heavy atom. The molecule has 2 aromatic carbocycles. The summed E-state index contributed by atoms with van der Waals surface area (Å²) in [5, 5.41) is 0.464. The number of hydrogen-bond donors (Lipinski definition) is 0. The van der Waals surface area contributed by atoms with Gasteiger partial charge in [0.2, 0.25) is 10.0 Å². The molecule has 10 heteroatoms. The van der Waals surface area contributed by atoms with Crippen molar-refractivity contribution < 1.29 is 21.6 Å². The van der Waals surface area contributed by atoms with Crippen molar-refractivity contribution in [1.29, 1.82) is 0 Å². The number of sulfonamides is 1. The van der Waals surface area contributed by atoms with E-state index in [2.05, 4.69) is 0 Å². The number of amides is 1. The van der Waals surface area contributed by atoms with Crippen LogP contribution in [0.3, 0.4) is 0 Å². The molecule has 0 bridgehead atoms. The van der Waals surface area contributed by atoms with Crippen molar-refractivity contribution in [3.63, 3.8) is 0 Å². The number of sulfone groups is 1. The Hall–Kier alpha value is -1.94. The van der Waals surface area contributed by atoms with Gasteiger partial charge in [-0.2, -0.15) is 4.31 Å². The van der Waals surface area contributed by atoms with Crippen LogP contribution in [0.15, 0.2) is 58.3 Å². The van der Waals surface area contributed by atoms with Crippen molar-refractivity contribution in [3.05, 3.63) is 59.1 Å². The van der Waals surface area contributed by atoms with Crippen LogP contribution >= 0.6 is 11.6 Å². The van der Waals surface area contributed by atoms with Gasteiger partial charge in [0.15, 0.2) is 9.84 Å². The maximum atomic E-state index is 12.9. The fourth-order valence-electron chi connectivity index (χ4n) is 3.07. The second-order valence-electron chi connectivity index (χ2n) is 6.58. The summed E-state index contributed by atoms with van der Waals surface area (Å²) >= 11 is 5.93. The van der Waals surface area contributed by atoms with Gasteiger partial charge in [-0.05, 0) is 42.5 Å². The van der Waals surface area contributed by atoms with E-state index in [1.807, 2.05) is 0 Å². The van der Waals surface area contributed by atoms with E-state index in [1.54, 1.807) is 29.2 Å². The fraction of sp³-hybridized carbons (Fsp3) is 0.316. The Balaban J connectivity index is 1.70. The molecule has 1 fully saturated rings. The van der Waals surface area contributed by atoms with Crippen molar-refractivity contribution in [3.8, 4) is 0 Å². The average Bonchev–Trinajstić information content (AvgIpc) is 2.73. The molecule has 3 rings (SSSR count). The number of piperazine rings is 1. The van der Waals surface area contributed by atoms with Crippen LogP contribution in [0.5, 0.6) is 0 Å². The number of nitrogens with zero attached hydrogens (tertiary/aromatic N) is 2. The van der Waals surface area contributed by atoms with Crippen LogP contribution in [0.2, 0.25) is 5.02 Å². The third kappa shape index (κ3) is 4.63. The molecule has 156 valence electrons. The first-order chi connectivity index (χ1) is 13.6. The topological polar surface area (TPSA) is 91.8 Å². The number of carbonyl (C=O) groups is 1. The van der Waals surface area contributed by atoms with Gasteiger partial charge in [0, 0.05) is 36.8 Å². The van der Waals surface area contributed by atoms with Crippen LogP contribution in [-0.4, -0.2) is 63.9 Å². The lowest BCUT2D eigenvalue weighted by Crippen LogP contribution is -2.50. The van der Waals surface area contributed by atoms with Gasteiger partial charge in [0.25, 0.3) is 5.91 Å². The number of rotatable bonds is 5. The molecule has 0 aromatic heterocycles. The summed E-state index contributed by atoms with van der Waals surface area (Å²) in [5.41, 5.74) is 0.460. The van der Waals surface area contributed by atoms with Crippen LogP contribution in [0, 0.1) is 0 Å². The second kappa shape index (κ2) is 8.43. The molecule has 0 unspecified atom stereocenters. The summed E-state index contributed by atoms with van der Waals surface area (Å²) in [6.45, 7) is 2.36. The summed E-state index contributed by atoms with van der Waals surface area (Å²) in [5.74, 6) is -0.250. The van der Waals surface area contributed by atoms with E-state index >= 15 is 0 Å². The van der Waals surface area contributed by atoms with Gasteiger partial charge in [-0.25, -0.2) is 16.8 Å². The summed E-state index contributed by atoms with van der Waals surface area (Å²) < 4.78 is 50.8. The van der Waals surface area contributed by atoms with E-state index in [4.69, 9.17) is 11.6 Å². The predicted octanol–water partition coefficient (Wildman–Crippen LogP) is 2.28. The van der Waals surface area contributed by atoms with E-state index in [1.165, 1.54) is 35.5 Å². The average molecular weight is 457 g/mol. The number of benzene rings is 2. The smallest absolute Gasteiger partial charge is 0.253 e. The van der Waals surface area contributed by atoms with E-state index in [-0.39, 0.29) is 47.6 Å². The third-order valence-corrected chi connectivity index (χ3v) is 8.70. The molecule has 0 radical (unpaired) electrons. The van der Waals surface area contributed by atoms with Crippen LogP contribution in [0.4, 0.5) is 0 Å². The van der Waals surface area contributed by atoms with Gasteiger partial charge in [-0.1, -0.05) is 24.6 Å². The molecule has 1 heterocycles. The number of carbonyl (C=O) groups excluding carboxylic acids is 1. The lowest BCUT2D eigenvalue weighted by molar-refractivity contribution is 0.0698. The Morgan fingerprint density at radius 3 is 2.07 bits per heavy atom. The molecule has 0 spiro atoms. The van der Waals surface area contributed by atoms with Gasteiger partial charge < -0.3 is 4.90 Å². The largest absolute Gasteiger partial charge is 0.336 e.